The SMILES string of the molecule is N#CCCCOc1ccccc1.O=Cc1sc(=S)[nH]c1O. The van der Waals surface area contributed by atoms with Gasteiger partial charge in [0, 0.05) is 6.42 Å². The number of nitrogens with zero attached hydrogens (tertiary/aromatic N) is 1. The maximum atomic E-state index is 10.0. The van der Waals surface area contributed by atoms with Crippen molar-refractivity contribution in [1.29, 1.82) is 5.26 Å². The van der Waals surface area contributed by atoms with Gasteiger partial charge in [-0.05, 0) is 30.8 Å². The molecule has 0 aliphatic heterocycles. The van der Waals surface area contributed by atoms with Crippen LogP contribution < -0.4 is 4.74 Å². The summed E-state index contributed by atoms with van der Waals surface area (Å²) in [5.74, 6) is 0.732. The quantitative estimate of drug-likeness (QED) is 0.498. The van der Waals surface area contributed by atoms with Crippen LogP contribution in [0.5, 0.6) is 11.6 Å². The molecule has 0 amide bonds. The number of thiazole rings is 1. The molecule has 0 fully saturated rings. The van der Waals surface area contributed by atoms with E-state index in [1.165, 1.54) is 0 Å². The maximum absolute atomic E-state index is 10.0. The number of carbonyl (C=O) groups is 1. The first kappa shape index (κ1) is 16.9. The van der Waals surface area contributed by atoms with E-state index >= 15 is 0 Å². The van der Waals surface area contributed by atoms with Crippen LogP contribution in [0.2, 0.25) is 0 Å². The number of nitriles is 1. The average molecular weight is 322 g/mol. The molecule has 0 aliphatic rings. The number of aromatic amines is 1. The molecule has 0 unspecified atom stereocenters. The third kappa shape index (κ3) is 6.70. The van der Waals surface area contributed by atoms with Crippen LogP contribution in [0.4, 0.5) is 0 Å². The molecule has 1 heterocycles. The lowest BCUT2D eigenvalue weighted by molar-refractivity contribution is 0.112. The van der Waals surface area contributed by atoms with Crippen molar-refractivity contribution in [2.45, 2.75) is 12.8 Å². The van der Waals surface area contributed by atoms with Crippen molar-refractivity contribution in [3.63, 3.8) is 0 Å². The number of rotatable bonds is 5. The van der Waals surface area contributed by atoms with Crippen LogP contribution in [0.3, 0.4) is 0 Å². The summed E-state index contributed by atoms with van der Waals surface area (Å²) < 4.78 is 5.77. The van der Waals surface area contributed by atoms with Crippen molar-refractivity contribution in [3.8, 4) is 17.7 Å². The number of nitrogens with one attached hydrogen (secondary N) is 1. The lowest BCUT2D eigenvalue weighted by Gasteiger charge is -2.02. The molecule has 1 aromatic heterocycles. The molecule has 0 aliphatic carbocycles. The van der Waals surface area contributed by atoms with E-state index in [2.05, 4.69) is 23.3 Å². The first-order chi connectivity index (χ1) is 10.2. The van der Waals surface area contributed by atoms with Crippen LogP contribution in [0, 0.1) is 15.3 Å². The topological polar surface area (TPSA) is 86.1 Å². The minimum Gasteiger partial charge on any atom is -0.494 e. The molecule has 0 radical (unpaired) electrons. The van der Waals surface area contributed by atoms with Crippen LogP contribution in [0.15, 0.2) is 30.3 Å². The maximum Gasteiger partial charge on any atom is 0.211 e. The van der Waals surface area contributed by atoms with E-state index in [1.54, 1.807) is 0 Å². The second-order valence-corrected chi connectivity index (χ2v) is 5.49. The summed E-state index contributed by atoms with van der Waals surface area (Å²) in [7, 11) is 0. The van der Waals surface area contributed by atoms with Crippen LogP contribution in [-0.4, -0.2) is 23.0 Å². The minimum atomic E-state index is -0.139. The molecule has 0 spiro atoms. The van der Waals surface area contributed by atoms with E-state index in [9.17, 15) is 4.79 Å². The Bertz CT molecular complexity index is 644. The monoisotopic (exact) mass is 322 g/mol. The van der Waals surface area contributed by atoms with Crippen molar-refractivity contribution in [2.24, 2.45) is 0 Å². The second kappa shape index (κ2) is 9.69. The van der Waals surface area contributed by atoms with Gasteiger partial charge in [0.05, 0.1) is 12.7 Å². The summed E-state index contributed by atoms with van der Waals surface area (Å²) >= 11 is 5.69. The Morgan fingerprint density at radius 1 is 1.43 bits per heavy atom. The molecule has 21 heavy (non-hydrogen) atoms. The Kier molecular flexibility index (Phi) is 7.79. The van der Waals surface area contributed by atoms with Crippen LogP contribution in [0.1, 0.15) is 22.5 Å². The van der Waals surface area contributed by atoms with Gasteiger partial charge in [-0.1, -0.05) is 29.5 Å². The third-order valence-corrected chi connectivity index (χ3v) is 3.36. The highest BCUT2D eigenvalue weighted by Gasteiger charge is 2.00. The largest absolute Gasteiger partial charge is 0.494 e. The van der Waals surface area contributed by atoms with Gasteiger partial charge in [0.25, 0.3) is 0 Å². The number of hydrogen-bond acceptors (Lipinski definition) is 6. The summed E-state index contributed by atoms with van der Waals surface area (Å²) in [6, 6.07) is 11.7. The number of hydrogen-bond donors (Lipinski definition) is 2. The number of aromatic nitrogens is 1. The minimum absolute atomic E-state index is 0.139. The van der Waals surface area contributed by atoms with Crippen LogP contribution in [-0.2, 0) is 0 Å². The number of benzene rings is 1. The summed E-state index contributed by atoms with van der Waals surface area (Å²) in [5.41, 5.74) is 0. The molecule has 5 nitrogen and oxygen atoms in total. The average Bonchev–Trinajstić information content (AvgIpc) is 2.83. The predicted octanol–water partition coefficient (Wildman–Crippen LogP) is 3.69. The van der Waals surface area contributed by atoms with Crippen molar-refractivity contribution in [3.05, 3.63) is 39.2 Å². The van der Waals surface area contributed by atoms with E-state index in [-0.39, 0.29) is 10.8 Å². The zero-order chi connectivity index (χ0) is 15.5. The first-order valence-corrected chi connectivity index (χ1v) is 7.32. The Morgan fingerprint density at radius 2 is 2.14 bits per heavy atom. The number of para-hydroxylation sites is 1. The normalized spacial score (nSPS) is 9.10. The summed E-state index contributed by atoms with van der Waals surface area (Å²) in [6.45, 7) is 0.623. The third-order valence-electron chi connectivity index (χ3n) is 2.21. The van der Waals surface area contributed by atoms with E-state index in [1.807, 2.05) is 30.3 Å². The van der Waals surface area contributed by atoms with E-state index < -0.39 is 0 Å². The van der Waals surface area contributed by atoms with Gasteiger partial charge >= 0.3 is 0 Å². The van der Waals surface area contributed by atoms with Crippen LogP contribution in [0.25, 0.3) is 0 Å². The highest BCUT2D eigenvalue weighted by Crippen LogP contribution is 2.17. The number of carbonyl (C=O) groups excluding carboxylic acids is 1. The number of ether oxygens (including phenoxy) is 1. The van der Waals surface area contributed by atoms with Gasteiger partial charge in [-0.25, -0.2) is 0 Å². The standard InChI is InChI=1S/C10H11NO.C4H3NO2S2/c11-8-4-5-9-12-10-6-2-1-3-7-10;6-1-2-3(7)5-4(8)9-2/h1-3,6-7H,4-5,9H2;1,7H,(H,5,8). The molecule has 0 saturated heterocycles. The number of aldehydes is 1. The summed E-state index contributed by atoms with van der Waals surface area (Å²) in [6.07, 6.45) is 1.92. The van der Waals surface area contributed by atoms with Gasteiger partial charge in [-0.15, -0.1) is 0 Å². The van der Waals surface area contributed by atoms with Gasteiger partial charge in [0.2, 0.25) is 5.88 Å². The molecule has 0 atom stereocenters. The van der Waals surface area contributed by atoms with E-state index in [4.69, 9.17) is 15.1 Å². The molecular formula is C14H14N2O3S2. The Morgan fingerprint density at radius 3 is 2.62 bits per heavy atom. The lowest BCUT2D eigenvalue weighted by atomic mass is 10.3. The smallest absolute Gasteiger partial charge is 0.211 e. The molecule has 2 rings (SSSR count). The Balaban J connectivity index is 0.000000219. The number of unbranched alkanes of at least 4 members (excludes halogenated alkanes) is 1. The van der Waals surface area contributed by atoms with Gasteiger partial charge in [0.15, 0.2) is 10.2 Å². The summed E-state index contributed by atoms with van der Waals surface area (Å²) in [4.78, 5) is 12.7. The van der Waals surface area contributed by atoms with Gasteiger partial charge in [-0.3, -0.25) is 4.79 Å². The van der Waals surface area contributed by atoms with Gasteiger partial charge in [-0.2, -0.15) is 5.26 Å². The number of H-pyrrole nitrogens is 1. The van der Waals surface area contributed by atoms with E-state index in [0.29, 0.717) is 23.3 Å². The van der Waals surface area contributed by atoms with Crippen molar-refractivity contribution >= 4 is 29.8 Å². The van der Waals surface area contributed by atoms with Crippen molar-refractivity contribution in [1.82, 2.24) is 4.98 Å². The van der Waals surface area contributed by atoms with Crippen molar-refractivity contribution in [2.75, 3.05) is 6.61 Å². The zero-order valence-electron chi connectivity index (χ0n) is 11.1. The van der Waals surface area contributed by atoms with Gasteiger partial charge < -0.3 is 14.8 Å². The molecule has 110 valence electrons. The second-order valence-electron chi connectivity index (χ2n) is 3.77. The Hall–Kier alpha value is -2.17. The molecular weight excluding hydrogens is 308 g/mol. The molecule has 2 N–H and O–H groups in total. The first-order valence-electron chi connectivity index (χ1n) is 6.09. The predicted molar refractivity (Wildman–Crippen MR) is 83.3 cm³/mol. The highest BCUT2D eigenvalue weighted by molar-refractivity contribution is 7.73. The van der Waals surface area contributed by atoms with E-state index in [0.717, 1.165) is 23.5 Å². The highest BCUT2D eigenvalue weighted by atomic mass is 32.1. The molecule has 0 bridgehead atoms. The molecule has 2 aromatic rings. The molecule has 0 saturated carbocycles. The van der Waals surface area contributed by atoms with Crippen molar-refractivity contribution < 1.29 is 14.6 Å². The molecule has 1 aromatic carbocycles. The molecule has 7 heteroatoms. The van der Waals surface area contributed by atoms with Crippen LogP contribution >= 0.6 is 23.6 Å². The fourth-order valence-corrected chi connectivity index (χ4v) is 2.18. The Labute approximate surface area is 131 Å². The number of aromatic hydroxyl groups is 1. The summed E-state index contributed by atoms with van der Waals surface area (Å²) in [5, 5.41) is 17.0. The zero-order valence-corrected chi connectivity index (χ0v) is 12.7. The van der Waals surface area contributed by atoms with Gasteiger partial charge in [0.1, 0.15) is 10.6 Å². The fraction of sp³-hybridized carbons (Fsp3) is 0.214. The lowest BCUT2D eigenvalue weighted by Crippen LogP contribution is -1.95. The fourth-order valence-electron chi connectivity index (χ4n) is 1.27.